The molecule has 5 nitrogen and oxygen atoms in total. The Kier molecular flexibility index (Phi) is 7.55. The monoisotopic (exact) mass is 520 g/mol. The van der Waals surface area contributed by atoms with E-state index in [1.807, 2.05) is 36.4 Å². The Hall–Kier alpha value is -2.70. The number of phenolic OH excluding ortho intramolecular Hbond substituents is 1. The van der Waals surface area contributed by atoms with E-state index < -0.39 is 10.0 Å². The first kappa shape index (κ1) is 27.3. The van der Waals surface area contributed by atoms with Gasteiger partial charge in [0.15, 0.2) is 0 Å². The van der Waals surface area contributed by atoms with E-state index in [-0.39, 0.29) is 33.6 Å². The number of rotatable bonds is 5. The van der Waals surface area contributed by atoms with Crippen LogP contribution in [0.25, 0.3) is 10.8 Å². The van der Waals surface area contributed by atoms with Crippen molar-refractivity contribution in [2.45, 2.75) is 95.0 Å². The Bertz CT molecular complexity index is 1410. The number of hydrogen-bond donors (Lipinski definition) is 2. The summed E-state index contributed by atoms with van der Waals surface area (Å²) in [7, 11) is -3.70. The van der Waals surface area contributed by atoms with Gasteiger partial charge in [-0.2, -0.15) is 0 Å². The number of aliphatic imine (C=N–C) groups is 1. The molecule has 1 aliphatic rings. The number of nitrogens with one attached hydrogen (secondary N) is 1. The summed E-state index contributed by atoms with van der Waals surface area (Å²) in [4.78, 5) is 5.13. The molecule has 0 amide bonds. The first-order valence-electron chi connectivity index (χ1n) is 13.2. The highest BCUT2D eigenvalue weighted by atomic mass is 32.2. The fourth-order valence-corrected chi connectivity index (χ4v) is 6.30. The number of hydrogen-bond acceptors (Lipinski definition) is 4. The highest BCUT2D eigenvalue weighted by molar-refractivity contribution is 7.89. The van der Waals surface area contributed by atoms with Crippen LogP contribution in [0.1, 0.15) is 83.9 Å². The maximum atomic E-state index is 13.3. The van der Waals surface area contributed by atoms with Gasteiger partial charge in [0.25, 0.3) is 0 Å². The summed E-state index contributed by atoms with van der Waals surface area (Å²) in [6.07, 6.45) is 5.23. The van der Waals surface area contributed by atoms with Crippen LogP contribution < -0.4 is 4.72 Å². The molecule has 0 unspecified atom stereocenters. The van der Waals surface area contributed by atoms with Crippen molar-refractivity contribution in [2.24, 2.45) is 4.99 Å². The molecule has 0 aliphatic heterocycles. The topological polar surface area (TPSA) is 78.8 Å². The fraction of sp³-hybridized carbons (Fsp3) is 0.452. The van der Waals surface area contributed by atoms with Crippen molar-refractivity contribution in [3.63, 3.8) is 0 Å². The maximum Gasteiger partial charge on any atom is 0.240 e. The number of phenols is 1. The van der Waals surface area contributed by atoms with E-state index in [1.165, 1.54) is 0 Å². The Morgan fingerprint density at radius 1 is 0.892 bits per heavy atom. The van der Waals surface area contributed by atoms with Crippen molar-refractivity contribution in [1.82, 2.24) is 4.72 Å². The first-order chi connectivity index (χ1) is 17.3. The van der Waals surface area contributed by atoms with Gasteiger partial charge in [0.2, 0.25) is 10.0 Å². The summed E-state index contributed by atoms with van der Waals surface area (Å²) in [5, 5.41) is 13.0. The molecule has 1 saturated carbocycles. The third-order valence-electron chi connectivity index (χ3n) is 7.29. The van der Waals surface area contributed by atoms with E-state index in [2.05, 4.69) is 52.3 Å². The Morgan fingerprint density at radius 2 is 1.57 bits per heavy atom. The molecule has 0 bridgehead atoms. The predicted octanol–water partition coefficient (Wildman–Crippen LogP) is 6.85. The van der Waals surface area contributed by atoms with Crippen LogP contribution >= 0.6 is 0 Å². The van der Waals surface area contributed by atoms with E-state index in [1.54, 1.807) is 18.3 Å². The molecule has 0 aromatic heterocycles. The van der Waals surface area contributed by atoms with E-state index in [9.17, 15) is 13.5 Å². The molecular weight excluding hydrogens is 480 g/mol. The lowest BCUT2D eigenvalue weighted by atomic mass is 9.79. The molecule has 0 saturated heterocycles. The van der Waals surface area contributed by atoms with E-state index in [4.69, 9.17) is 4.99 Å². The molecule has 2 atom stereocenters. The molecule has 6 heteroatoms. The number of benzene rings is 3. The summed E-state index contributed by atoms with van der Waals surface area (Å²) in [6.45, 7) is 12.7. The molecule has 1 aliphatic carbocycles. The number of nitrogens with zero attached hydrogens (tertiary/aromatic N) is 1. The molecule has 0 heterocycles. The average molecular weight is 521 g/mol. The van der Waals surface area contributed by atoms with Gasteiger partial charge in [0, 0.05) is 23.4 Å². The van der Waals surface area contributed by atoms with Crippen molar-refractivity contribution in [1.29, 1.82) is 0 Å². The van der Waals surface area contributed by atoms with E-state index in [0.717, 1.165) is 47.6 Å². The van der Waals surface area contributed by atoms with Gasteiger partial charge >= 0.3 is 0 Å². The van der Waals surface area contributed by atoms with E-state index in [0.29, 0.717) is 5.56 Å². The minimum Gasteiger partial charge on any atom is -0.507 e. The molecule has 3 aromatic carbocycles. The predicted molar refractivity (Wildman–Crippen MR) is 153 cm³/mol. The Balaban J connectivity index is 1.63. The molecular formula is C31H40N2O3S. The van der Waals surface area contributed by atoms with Crippen LogP contribution in [0, 0.1) is 0 Å². The minimum absolute atomic E-state index is 0.0842. The molecule has 0 radical (unpaired) electrons. The molecule has 0 spiro atoms. The highest BCUT2D eigenvalue weighted by Gasteiger charge is 2.30. The first-order valence-corrected chi connectivity index (χ1v) is 14.7. The van der Waals surface area contributed by atoms with Gasteiger partial charge < -0.3 is 5.11 Å². The van der Waals surface area contributed by atoms with Gasteiger partial charge in [-0.1, -0.05) is 90.8 Å². The van der Waals surface area contributed by atoms with Crippen molar-refractivity contribution in [3.05, 3.63) is 71.3 Å². The summed E-state index contributed by atoms with van der Waals surface area (Å²) in [5.41, 5.74) is 2.39. The molecule has 37 heavy (non-hydrogen) atoms. The van der Waals surface area contributed by atoms with Crippen molar-refractivity contribution in [2.75, 3.05) is 0 Å². The second-order valence-corrected chi connectivity index (χ2v) is 14.0. The van der Waals surface area contributed by atoms with Crippen LogP contribution in [0.15, 0.2) is 64.5 Å². The van der Waals surface area contributed by atoms with Crippen molar-refractivity contribution >= 4 is 27.0 Å². The largest absolute Gasteiger partial charge is 0.507 e. The molecule has 2 N–H and O–H groups in total. The van der Waals surface area contributed by atoms with Crippen LogP contribution in [0.2, 0.25) is 0 Å². The van der Waals surface area contributed by atoms with Crippen molar-refractivity contribution < 1.29 is 13.5 Å². The lowest BCUT2D eigenvalue weighted by molar-refractivity contribution is 0.363. The van der Waals surface area contributed by atoms with Crippen LogP contribution in [-0.4, -0.2) is 31.8 Å². The summed E-state index contributed by atoms with van der Waals surface area (Å²) >= 11 is 0. The molecule has 1 fully saturated rings. The normalized spacial score (nSPS) is 19.5. The highest BCUT2D eigenvalue weighted by Crippen LogP contribution is 2.37. The van der Waals surface area contributed by atoms with Crippen LogP contribution in [-0.2, 0) is 20.9 Å². The van der Waals surface area contributed by atoms with Crippen LogP contribution in [0.4, 0.5) is 0 Å². The lowest BCUT2D eigenvalue weighted by Gasteiger charge is -2.30. The SMILES string of the molecule is CC(C)(C)c1cc(C=N[C@@H]2CCCC[C@H]2NS(=O)(=O)c2ccc3ccccc3c2)c(O)c(C(C)(C)C)c1. The number of aromatic hydroxyl groups is 1. The molecule has 4 rings (SSSR count). The molecule has 3 aromatic rings. The van der Waals surface area contributed by atoms with Gasteiger partial charge in [0.1, 0.15) is 5.75 Å². The zero-order valence-corrected chi connectivity index (χ0v) is 23.7. The number of sulfonamides is 1. The molecule has 198 valence electrons. The smallest absolute Gasteiger partial charge is 0.240 e. The summed E-state index contributed by atoms with van der Waals surface area (Å²) < 4.78 is 29.6. The van der Waals surface area contributed by atoms with Gasteiger partial charge in [-0.05, 0) is 58.2 Å². The van der Waals surface area contributed by atoms with E-state index >= 15 is 0 Å². The minimum atomic E-state index is -3.70. The average Bonchev–Trinajstić information content (AvgIpc) is 2.82. The second kappa shape index (κ2) is 10.2. The second-order valence-electron chi connectivity index (χ2n) is 12.3. The zero-order chi connectivity index (χ0) is 27.0. The summed E-state index contributed by atoms with van der Waals surface area (Å²) in [5.74, 6) is 0.244. The number of fused-ring (bicyclic) bond motifs is 1. The van der Waals surface area contributed by atoms with Crippen LogP contribution in [0.3, 0.4) is 0 Å². The lowest BCUT2D eigenvalue weighted by Crippen LogP contribution is -2.44. The zero-order valence-electron chi connectivity index (χ0n) is 22.9. The van der Waals surface area contributed by atoms with Crippen molar-refractivity contribution in [3.8, 4) is 5.75 Å². The quantitative estimate of drug-likeness (QED) is 0.361. The standard InChI is InChI=1S/C31H40N2O3S/c1-30(2,3)24-17-23(29(34)26(19-24)31(4,5)6)20-32-27-13-9-10-14-28(27)33-37(35,36)25-16-15-21-11-7-8-12-22(21)18-25/h7-8,11-12,15-20,27-28,33-34H,9-10,13-14H2,1-6H3/t27-,28-/m1/s1. The summed E-state index contributed by atoms with van der Waals surface area (Å²) in [6, 6.07) is 16.6. The third kappa shape index (κ3) is 6.24. The maximum absolute atomic E-state index is 13.3. The van der Waals surface area contributed by atoms with Gasteiger partial charge in [0.05, 0.1) is 10.9 Å². The van der Waals surface area contributed by atoms with Gasteiger partial charge in [-0.15, -0.1) is 0 Å². The van der Waals surface area contributed by atoms with Gasteiger partial charge in [-0.3, -0.25) is 4.99 Å². The van der Waals surface area contributed by atoms with Crippen LogP contribution in [0.5, 0.6) is 5.75 Å². The Morgan fingerprint density at radius 3 is 2.24 bits per heavy atom. The third-order valence-corrected chi connectivity index (χ3v) is 8.77. The fourth-order valence-electron chi connectivity index (χ4n) is 4.97. The Labute approximate surface area is 222 Å². The van der Waals surface area contributed by atoms with Gasteiger partial charge in [-0.25, -0.2) is 13.1 Å².